The number of nitrogens with zero attached hydrogens (tertiary/aromatic N) is 5. The van der Waals surface area contributed by atoms with Crippen molar-refractivity contribution >= 4 is 12.1 Å². The second kappa shape index (κ2) is 9.99. The van der Waals surface area contributed by atoms with Crippen LogP contribution in [0, 0.1) is 17.6 Å². The summed E-state index contributed by atoms with van der Waals surface area (Å²) in [5.74, 6) is -0.522. The molecule has 1 amide bonds. The first kappa shape index (κ1) is 23.2. The molecule has 10 heteroatoms. The fraction of sp³-hybridized carbons (Fsp3) is 0.400. The van der Waals surface area contributed by atoms with Gasteiger partial charge in [0.05, 0.1) is 19.8 Å². The van der Waals surface area contributed by atoms with Gasteiger partial charge in [0.25, 0.3) is 0 Å². The van der Waals surface area contributed by atoms with E-state index in [-0.39, 0.29) is 12.5 Å². The van der Waals surface area contributed by atoms with Crippen LogP contribution >= 0.6 is 0 Å². The zero-order chi connectivity index (χ0) is 24.3. The fourth-order valence-electron chi connectivity index (χ4n) is 4.84. The zero-order valence-electron chi connectivity index (χ0n) is 19.2. The number of piperazine rings is 1. The van der Waals surface area contributed by atoms with Gasteiger partial charge in [-0.15, -0.1) is 0 Å². The summed E-state index contributed by atoms with van der Waals surface area (Å²) >= 11 is 0. The standard InChI is InChI=1S/C25H27F2N5O3/c26-20-1-6-23(24(27)11-20)25(15-32-17-28-16-29-32)12-19(14-35-25)13-34-22-4-2-21(3-5-22)31-9-7-30(18-33)8-10-31/h1-6,11,16-19H,7-10,12-15H2/t19-,25+/m1/s1. The van der Waals surface area contributed by atoms with E-state index in [0.29, 0.717) is 38.3 Å². The van der Waals surface area contributed by atoms with Crippen molar-refractivity contribution in [2.45, 2.75) is 18.6 Å². The fourth-order valence-corrected chi connectivity index (χ4v) is 4.84. The van der Waals surface area contributed by atoms with Gasteiger partial charge in [0, 0.05) is 49.4 Å². The van der Waals surface area contributed by atoms with E-state index < -0.39 is 17.2 Å². The molecule has 2 saturated heterocycles. The Morgan fingerprint density at radius 1 is 1.11 bits per heavy atom. The largest absolute Gasteiger partial charge is 0.493 e. The van der Waals surface area contributed by atoms with Gasteiger partial charge in [-0.05, 0) is 36.8 Å². The summed E-state index contributed by atoms with van der Waals surface area (Å²) in [6, 6.07) is 11.5. The number of hydrogen-bond donors (Lipinski definition) is 0. The van der Waals surface area contributed by atoms with Crippen LogP contribution in [-0.2, 0) is 21.7 Å². The number of carbonyl (C=O) groups is 1. The highest BCUT2D eigenvalue weighted by Crippen LogP contribution is 2.42. The van der Waals surface area contributed by atoms with Crippen LogP contribution in [0.5, 0.6) is 5.75 Å². The Morgan fingerprint density at radius 3 is 2.60 bits per heavy atom. The van der Waals surface area contributed by atoms with Gasteiger partial charge in [-0.3, -0.25) is 4.79 Å². The van der Waals surface area contributed by atoms with E-state index in [0.717, 1.165) is 37.0 Å². The predicted molar refractivity (Wildman–Crippen MR) is 124 cm³/mol. The van der Waals surface area contributed by atoms with E-state index in [1.807, 2.05) is 24.3 Å². The molecule has 2 fully saturated rings. The molecule has 0 unspecified atom stereocenters. The molecule has 0 aliphatic carbocycles. The van der Waals surface area contributed by atoms with Crippen LogP contribution in [0.4, 0.5) is 14.5 Å². The Labute approximate surface area is 202 Å². The topological polar surface area (TPSA) is 72.7 Å². The van der Waals surface area contributed by atoms with Crippen molar-refractivity contribution < 1.29 is 23.0 Å². The van der Waals surface area contributed by atoms with Gasteiger partial charge >= 0.3 is 0 Å². The summed E-state index contributed by atoms with van der Waals surface area (Å²) in [4.78, 5) is 18.9. The van der Waals surface area contributed by atoms with E-state index in [4.69, 9.17) is 9.47 Å². The number of hydrogen-bond acceptors (Lipinski definition) is 6. The van der Waals surface area contributed by atoms with Crippen LogP contribution in [0.15, 0.2) is 55.1 Å². The number of halogens is 2. The lowest BCUT2D eigenvalue weighted by atomic mass is 9.87. The van der Waals surface area contributed by atoms with E-state index in [1.165, 1.54) is 18.5 Å². The van der Waals surface area contributed by atoms with Gasteiger partial charge in [0.1, 0.15) is 35.6 Å². The molecule has 1 aromatic heterocycles. The van der Waals surface area contributed by atoms with Crippen LogP contribution in [0.2, 0.25) is 0 Å². The summed E-state index contributed by atoms with van der Waals surface area (Å²) in [6.07, 6.45) is 4.35. The van der Waals surface area contributed by atoms with Crippen LogP contribution in [0.3, 0.4) is 0 Å². The van der Waals surface area contributed by atoms with Crippen molar-refractivity contribution in [2.75, 3.05) is 44.3 Å². The molecule has 3 heterocycles. The molecular formula is C25H27F2N5O3. The van der Waals surface area contributed by atoms with Crippen molar-refractivity contribution in [3.63, 3.8) is 0 Å². The highest BCUT2D eigenvalue weighted by molar-refractivity contribution is 5.52. The van der Waals surface area contributed by atoms with Gasteiger partial charge in [0.15, 0.2) is 0 Å². The molecule has 0 bridgehead atoms. The summed E-state index contributed by atoms with van der Waals surface area (Å²) in [7, 11) is 0. The minimum atomic E-state index is -0.993. The summed E-state index contributed by atoms with van der Waals surface area (Å²) in [5, 5.41) is 4.15. The van der Waals surface area contributed by atoms with Gasteiger partial charge < -0.3 is 19.3 Å². The van der Waals surface area contributed by atoms with Gasteiger partial charge in [-0.25, -0.2) is 18.4 Å². The number of aromatic nitrogens is 3. The van der Waals surface area contributed by atoms with Crippen molar-refractivity contribution in [1.82, 2.24) is 19.7 Å². The number of rotatable bonds is 8. The average Bonchev–Trinajstić information content (AvgIpc) is 3.54. The van der Waals surface area contributed by atoms with Crippen molar-refractivity contribution in [2.24, 2.45) is 5.92 Å². The Balaban J connectivity index is 1.23. The van der Waals surface area contributed by atoms with Crippen LogP contribution in [-0.4, -0.2) is 65.5 Å². The molecule has 5 rings (SSSR count). The third-order valence-corrected chi connectivity index (χ3v) is 6.67. The molecule has 0 radical (unpaired) electrons. The molecule has 35 heavy (non-hydrogen) atoms. The lowest BCUT2D eigenvalue weighted by Crippen LogP contribution is -2.45. The molecule has 184 valence electrons. The molecule has 8 nitrogen and oxygen atoms in total. The van der Waals surface area contributed by atoms with Crippen LogP contribution in [0.1, 0.15) is 12.0 Å². The van der Waals surface area contributed by atoms with Crippen molar-refractivity contribution in [3.8, 4) is 5.75 Å². The van der Waals surface area contributed by atoms with Crippen LogP contribution < -0.4 is 9.64 Å². The first-order chi connectivity index (χ1) is 17.0. The number of carbonyl (C=O) groups excluding carboxylic acids is 1. The van der Waals surface area contributed by atoms with E-state index >= 15 is 0 Å². The van der Waals surface area contributed by atoms with Crippen molar-refractivity contribution in [3.05, 3.63) is 72.3 Å². The second-order valence-electron chi connectivity index (χ2n) is 9.03. The quantitative estimate of drug-likeness (QED) is 0.459. The van der Waals surface area contributed by atoms with E-state index in [1.54, 1.807) is 15.9 Å². The van der Waals surface area contributed by atoms with Crippen molar-refractivity contribution in [1.29, 1.82) is 0 Å². The molecule has 2 aliphatic rings. The van der Waals surface area contributed by atoms with Gasteiger partial charge in [0.2, 0.25) is 6.41 Å². The number of anilines is 1. The number of amides is 1. The molecule has 2 aromatic carbocycles. The maximum atomic E-state index is 14.8. The van der Waals surface area contributed by atoms with Crippen LogP contribution in [0.25, 0.3) is 0 Å². The summed E-state index contributed by atoms with van der Waals surface area (Å²) < 4.78 is 42.1. The SMILES string of the molecule is O=CN1CCN(c2ccc(OC[C@@H]3CO[C@@](Cn4cncn4)(c4ccc(F)cc4F)C3)cc2)CC1. The first-order valence-electron chi connectivity index (χ1n) is 11.6. The second-order valence-corrected chi connectivity index (χ2v) is 9.03. The minimum absolute atomic E-state index is 0.0130. The highest BCUT2D eigenvalue weighted by atomic mass is 19.1. The van der Waals surface area contributed by atoms with Gasteiger partial charge in [-0.1, -0.05) is 6.07 Å². The maximum Gasteiger partial charge on any atom is 0.209 e. The lowest BCUT2D eigenvalue weighted by molar-refractivity contribution is -0.118. The summed E-state index contributed by atoms with van der Waals surface area (Å²) in [6.45, 7) is 4.07. The van der Waals surface area contributed by atoms with E-state index in [9.17, 15) is 13.6 Å². The lowest BCUT2D eigenvalue weighted by Gasteiger charge is -2.34. The molecule has 0 N–H and O–H groups in total. The highest BCUT2D eigenvalue weighted by Gasteiger charge is 2.44. The third-order valence-electron chi connectivity index (χ3n) is 6.67. The average molecular weight is 484 g/mol. The Kier molecular flexibility index (Phi) is 6.63. The molecule has 3 aromatic rings. The normalized spacial score (nSPS) is 22.4. The minimum Gasteiger partial charge on any atom is -0.493 e. The molecule has 0 saturated carbocycles. The number of ether oxygens (including phenoxy) is 2. The Hall–Kier alpha value is -3.53. The molecule has 2 atom stereocenters. The summed E-state index contributed by atoms with van der Waals surface area (Å²) in [5.41, 5.74) is 0.397. The first-order valence-corrected chi connectivity index (χ1v) is 11.6. The monoisotopic (exact) mass is 483 g/mol. The third kappa shape index (κ3) is 5.12. The maximum absolute atomic E-state index is 14.8. The molecular weight excluding hydrogens is 456 g/mol. The van der Waals surface area contributed by atoms with Gasteiger partial charge in [-0.2, -0.15) is 5.10 Å². The Bertz CT molecular complexity index is 1140. The molecule has 0 spiro atoms. The number of benzene rings is 2. The molecule has 2 aliphatic heterocycles. The van der Waals surface area contributed by atoms with E-state index in [2.05, 4.69) is 15.0 Å². The zero-order valence-corrected chi connectivity index (χ0v) is 19.2. The smallest absolute Gasteiger partial charge is 0.209 e. The Morgan fingerprint density at radius 2 is 1.91 bits per heavy atom. The predicted octanol–water partition coefficient (Wildman–Crippen LogP) is 2.85.